The Labute approximate surface area is 374 Å². The van der Waals surface area contributed by atoms with Crippen LogP contribution < -0.4 is 21.3 Å². The molecule has 2 amide bonds. The first-order valence-electron chi connectivity index (χ1n) is 20.7. The van der Waals surface area contributed by atoms with E-state index in [0.29, 0.717) is 56.3 Å². The summed E-state index contributed by atoms with van der Waals surface area (Å²) < 4.78 is 8.25. The number of carbonyl (C=O) groups excluding carboxylic acids is 3. The van der Waals surface area contributed by atoms with E-state index in [1.807, 2.05) is 101 Å². The van der Waals surface area contributed by atoms with Gasteiger partial charge >= 0.3 is 5.97 Å². The molecule has 8 rings (SSSR count). The molecule has 17 heteroatoms. The van der Waals surface area contributed by atoms with Gasteiger partial charge in [0.05, 0.1) is 28.7 Å². The van der Waals surface area contributed by atoms with Gasteiger partial charge in [-0.2, -0.15) is 10.2 Å². The van der Waals surface area contributed by atoms with E-state index in [-0.39, 0.29) is 30.2 Å². The molecular formula is C48H47N11O6. The van der Waals surface area contributed by atoms with Gasteiger partial charge in [0.15, 0.2) is 11.6 Å². The van der Waals surface area contributed by atoms with Gasteiger partial charge < -0.3 is 26.0 Å². The SMILES string of the molecule is CCOC(=O)c1cn2ncnc(Nc3cc([N+](=O)[O-])ccc3C)c2c1C.Cc1cccc(C(=O)Nc2ccc(C)c(Nc3ncnn4cc(C(=O)N[C@@H](C)c5ccccc5)c(C)c34)c2)c1. The largest absolute Gasteiger partial charge is 0.462 e. The highest BCUT2D eigenvalue weighted by Crippen LogP contribution is 2.31. The number of aromatic nitrogens is 6. The van der Waals surface area contributed by atoms with Gasteiger partial charge in [-0.25, -0.2) is 23.8 Å². The van der Waals surface area contributed by atoms with E-state index in [1.165, 1.54) is 29.3 Å². The predicted molar refractivity (Wildman–Crippen MR) is 248 cm³/mol. The monoisotopic (exact) mass is 873 g/mol. The highest BCUT2D eigenvalue weighted by Gasteiger charge is 2.22. The van der Waals surface area contributed by atoms with Crippen LogP contribution in [0.4, 0.5) is 34.4 Å². The first-order chi connectivity index (χ1) is 31.2. The fourth-order valence-corrected chi connectivity index (χ4v) is 7.18. The lowest BCUT2D eigenvalue weighted by atomic mass is 10.1. The lowest BCUT2D eigenvalue weighted by Gasteiger charge is -2.14. The molecule has 0 aliphatic carbocycles. The fourth-order valence-electron chi connectivity index (χ4n) is 7.18. The molecule has 0 aliphatic heterocycles. The summed E-state index contributed by atoms with van der Waals surface area (Å²) in [7, 11) is 0. The molecule has 0 radical (unpaired) electrons. The number of esters is 1. The van der Waals surface area contributed by atoms with Gasteiger partial charge in [0, 0.05) is 47.2 Å². The van der Waals surface area contributed by atoms with Crippen molar-refractivity contribution in [2.24, 2.45) is 0 Å². The average molecular weight is 874 g/mol. The molecule has 0 spiro atoms. The Hall–Kier alpha value is -8.47. The van der Waals surface area contributed by atoms with E-state index in [9.17, 15) is 24.5 Å². The van der Waals surface area contributed by atoms with Gasteiger partial charge in [0.1, 0.15) is 23.7 Å². The first-order valence-corrected chi connectivity index (χ1v) is 20.7. The summed E-state index contributed by atoms with van der Waals surface area (Å²) in [5.74, 6) is 0.200. The minimum atomic E-state index is -0.457. The molecule has 4 N–H and O–H groups in total. The summed E-state index contributed by atoms with van der Waals surface area (Å²) in [6.45, 7) is 13.4. The number of aryl methyl sites for hydroxylation is 5. The molecule has 0 saturated carbocycles. The second kappa shape index (κ2) is 19.3. The van der Waals surface area contributed by atoms with Crippen LogP contribution in [0.2, 0.25) is 0 Å². The molecule has 4 aromatic carbocycles. The summed E-state index contributed by atoms with van der Waals surface area (Å²) in [4.78, 5) is 57.3. The average Bonchev–Trinajstić information content (AvgIpc) is 3.83. The van der Waals surface area contributed by atoms with Crippen molar-refractivity contribution in [3.8, 4) is 0 Å². The number of fused-ring (bicyclic) bond motifs is 2. The quantitative estimate of drug-likeness (QED) is 0.0514. The third-order valence-corrected chi connectivity index (χ3v) is 10.8. The number of nitro benzene ring substituents is 1. The second-order valence-electron chi connectivity index (χ2n) is 15.3. The minimum Gasteiger partial charge on any atom is -0.462 e. The van der Waals surface area contributed by atoms with Crippen LogP contribution in [0.15, 0.2) is 116 Å². The summed E-state index contributed by atoms with van der Waals surface area (Å²) in [6.07, 6.45) is 6.09. The van der Waals surface area contributed by atoms with Crippen molar-refractivity contribution in [3.05, 3.63) is 176 Å². The van der Waals surface area contributed by atoms with Gasteiger partial charge in [-0.1, -0.05) is 60.2 Å². The molecule has 1 atom stereocenters. The molecule has 4 heterocycles. The van der Waals surface area contributed by atoms with Crippen LogP contribution in [0.3, 0.4) is 0 Å². The number of nitro groups is 1. The Kier molecular flexibility index (Phi) is 13.2. The standard InChI is InChI=1S/C31H30N6O2.C17H17N5O4/c1-19-9-8-12-24(15-19)30(38)35-25-14-13-20(2)27(16-25)36-29-28-21(3)26(17-37(28)33-18-32-29)31(39)34-22(4)23-10-6-5-7-11-23;1-4-26-17(23)13-8-21-15(11(13)3)16(18-9-19-21)20-14-7-12(22(24)25)6-5-10(14)2/h5-18,22H,1-4H3,(H,34,39)(H,35,38)(H,32,33,36);5-9H,4H2,1-3H3,(H,18,19,20)/t22-;/m0./s1. The van der Waals surface area contributed by atoms with Crippen LogP contribution in [-0.4, -0.2) is 58.5 Å². The molecule has 330 valence electrons. The molecule has 0 fully saturated rings. The number of hydrogen-bond acceptors (Lipinski definition) is 12. The summed E-state index contributed by atoms with van der Waals surface area (Å²) >= 11 is 0. The maximum absolute atomic E-state index is 13.2. The Morgan fingerprint density at radius 1 is 0.723 bits per heavy atom. The van der Waals surface area contributed by atoms with E-state index < -0.39 is 10.9 Å². The number of nitrogens with one attached hydrogen (secondary N) is 4. The molecule has 0 bridgehead atoms. The summed E-state index contributed by atoms with van der Waals surface area (Å²) in [6, 6.07) is 27.4. The third kappa shape index (κ3) is 9.94. The molecule has 8 aromatic rings. The van der Waals surface area contributed by atoms with Crippen molar-refractivity contribution in [2.45, 2.75) is 54.5 Å². The number of amides is 2. The number of rotatable bonds is 12. The van der Waals surface area contributed by atoms with Crippen LogP contribution in [0.25, 0.3) is 11.0 Å². The van der Waals surface area contributed by atoms with E-state index in [4.69, 9.17) is 4.74 Å². The van der Waals surface area contributed by atoms with Gasteiger partial charge in [-0.3, -0.25) is 19.7 Å². The lowest BCUT2D eigenvalue weighted by molar-refractivity contribution is -0.384. The van der Waals surface area contributed by atoms with E-state index >= 15 is 0 Å². The van der Waals surface area contributed by atoms with Crippen LogP contribution >= 0.6 is 0 Å². The third-order valence-electron chi connectivity index (χ3n) is 10.8. The Bertz CT molecular complexity index is 3090. The van der Waals surface area contributed by atoms with E-state index in [1.54, 1.807) is 42.9 Å². The number of benzene rings is 4. The molecule has 65 heavy (non-hydrogen) atoms. The number of hydrogen-bond donors (Lipinski definition) is 4. The molecule has 0 unspecified atom stereocenters. The maximum Gasteiger partial charge on any atom is 0.340 e. The first kappa shape index (κ1) is 44.6. The number of nitrogens with zero attached hydrogens (tertiary/aromatic N) is 7. The van der Waals surface area contributed by atoms with Crippen LogP contribution in [0.5, 0.6) is 0 Å². The van der Waals surface area contributed by atoms with Crippen molar-refractivity contribution >= 4 is 63.2 Å². The number of anilines is 5. The zero-order valence-corrected chi connectivity index (χ0v) is 36.8. The topological polar surface area (TPSA) is 212 Å². The van der Waals surface area contributed by atoms with Gasteiger partial charge in [0.2, 0.25) is 0 Å². The van der Waals surface area contributed by atoms with Crippen LogP contribution in [0.1, 0.15) is 84.3 Å². The number of non-ortho nitro benzene ring substituents is 1. The lowest BCUT2D eigenvalue weighted by Crippen LogP contribution is -2.26. The normalized spacial score (nSPS) is 11.3. The molecule has 0 saturated heterocycles. The van der Waals surface area contributed by atoms with Crippen molar-refractivity contribution in [3.63, 3.8) is 0 Å². The molecular weight excluding hydrogens is 827 g/mol. The zero-order valence-electron chi connectivity index (χ0n) is 36.8. The molecule has 4 aromatic heterocycles. The van der Waals surface area contributed by atoms with Gasteiger partial charge in [-0.15, -0.1) is 0 Å². The number of ether oxygens (including phenoxy) is 1. The van der Waals surface area contributed by atoms with Crippen molar-refractivity contribution in [2.75, 3.05) is 22.6 Å². The van der Waals surface area contributed by atoms with Crippen molar-refractivity contribution in [1.82, 2.24) is 34.5 Å². The van der Waals surface area contributed by atoms with Crippen LogP contribution in [-0.2, 0) is 4.74 Å². The highest BCUT2D eigenvalue weighted by molar-refractivity contribution is 6.05. The maximum atomic E-state index is 13.2. The smallest absolute Gasteiger partial charge is 0.340 e. The van der Waals surface area contributed by atoms with Gasteiger partial charge in [-0.05, 0) is 101 Å². The van der Waals surface area contributed by atoms with E-state index in [2.05, 4.69) is 41.4 Å². The van der Waals surface area contributed by atoms with Crippen molar-refractivity contribution < 1.29 is 24.0 Å². The second-order valence-corrected chi connectivity index (χ2v) is 15.3. The zero-order chi connectivity index (χ0) is 46.4. The Morgan fingerprint density at radius 2 is 1.32 bits per heavy atom. The van der Waals surface area contributed by atoms with Crippen LogP contribution in [0, 0.1) is 44.7 Å². The summed E-state index contributed by atoms with van der Waals surface area (Å²) in [5, 5.41) is 32.0. The highest BCUT2D eigenvalue weighted by atomic mass is 16.6. The number of carbonyl (C=O) groups is 3. The Balaban J connectivity index is 0.000000210. The summed E-state index contributed by atoms with van der Waals surface area (Å²) in [5.41, 5.74) is 10.0. The van der Waals surface area contributed by atoms with E-state index in [0.717, 1.165) is 33.5 Å². The minimum absolute atomic E-state index is 0.0255. The Morgan fingerprint density at radius 3 is 1.94 bits per heavy atom. The van der Waals surface area contributed by atoms with Crippen molar-refractivity contribution in [1.29, 1.82) is 0 Å². The van der Waals surface area contributed by atoms with Gasteiger partial charge in [0.25, 0.3) is 17.5 Å². The molecule has 0 aliphatic rings. The molecule has 17 nitrogen and oxygen atoms in total. The predicted octanol–water partition coefficient (Wildman–Crippen LogP) is 9.32. The fraction of sp³-hybridized carbons (Fsp3) is 0.188.